The maximum absolute atomic E-state index is 4.18. The highest BCUT2D eigenvalue weighted by Gasteiger charge is 2.08. The van der Waals surface area contributed by atoms with Crippen LogP contribution in [0.15, 0.2) is 18.5 Å². The number of aromatic nitrogens is 4. The van der Waals surface area contributed by atoms with Crippen molar-refractivity contribution in [2.75, 3.05) is 6.54 Å². The molecule has 0 aromatic carbocycles. The van der Waals surface area contributed by atoms with Gasteiger partial charge in [-0.25, -0.2) is 0 Å². The van der Waals surface area contributed by atoms with Gasteiger partial charge in [-0.05, 0) is 32.0 Å². The average molecular weight is 247 g/mol. The van der Waals surface area contributed by atoms with Gasteiger partial charge in [-0.2, -0.15) is 0 Å². The molecule has 0 spiro atoms. The van der Waals surface area contributed by atoms with Gasteiger partial charge in [0.15, 0.2) is 5.82 Å². The van der Waals surface area contributed by atoms with Gasteiger partial charge < -0.3 is 14.5 Å². The lowest BCUT2D eigenvalue weighted by Crippen LogP contribution is -2.17. The van der Waals surface area contributed by atoms with E-state index in [0.717, 1.165) is 24.7 Å². The van der Waals surface area contributed by atoms with Crippen molar-refractivity contribution in [3.05, 3.63) is 35.7 Å². The molecule has 98 valence electrons. The molecule has 0 saturated heterocycles. The Labute approximate surface area is 108 Å². The number of nitrogens with zero attached hydrogens (tertiary/aromatic N) is 4. The highest BCUT2D eigenvalue weighted by atomic mass is 15.3. The van der Waals surface area contributed by atoms with Crippen LogP contribution in [0.3, 0.4) is 0 Å². The van der Waals surface area contributed by atoms with Crippen molar-refractivity contribution < 1.29 is 0 Å². The molecule has 2 aromatic heterocycles. The van der Waals surface area contributed by atoms with Crippen molar-refractivity contribution in [2.24, 2.45) is 7.05 Å². The predicted molar refractivity (Wildman–Crippen MR) is 71.4 cm³/mol. The van der Waals surface area contributed by atoms with Gasteiger partial charge in [0.25, 0.3) is 0 Å². The molecule has 1 N–H and O–H groups in total. The zero-order valence-corrected chi connectivity index (χ0v) is 11.5. The average Bonchev–Trinajstić information content (AvgIpc) is 2.92. The second-order valence-electron chi connectivity index (χ2n) is 4.62. The summed E-state index contributed by atoms with van der Waals surface area (Å²) in [5, 5.41) is 11.7. The van der Waals surface area contributed by atoms with E-state index in [1.165, 1.54) is 5.56 Å². The summed E-state index contributed by atoms with van der Waals surface area (Å²) in [6.45, 7) is 8.00. The normalized spacial score (nSPS) is 12.9. The number of hydrogen-bond acceptors (Lipinski definition) is 3. The molecule has 0 aliphatic rings. The molecule has 2 aromatic rings. The van der Waals surface area contributed by atoms with Gasteiger partial charge in [0.1, 0.15) is 5.82 Å². The number of nitrogens with one attached hydrogen (secondary N) is 1. The first-order valence-corrected chi connectivity index (χ1v) is 6.35. The van der Waals surface area contributed by atoms with E-state index in [9.17, 15) is 0 Å². The maximum Gasteiger partial charge on any atom is 0.152 e. The van der Waals surface area contributed by atoms with Gasteiger partial charge in [0.2, 0.25) is 0 Å². The second kappa shape index (κ2) is 5.35. The molecule has 0 saturated carbocycles. The van der Waals surface area contributed by atoms with E-state index in [1.807, 2.05) is 18.5 Å². The molecular weight excluding hydrogens is 226 g/mol. The van der Waals surface area contributed by atoms with Gasteiger partial charge in [-0.3, -0.25) is 0 Å². The summed E-state index contributed by atoms with van der Waals surface area (Å²) in [5.74, 6) is 1.92. The van der Waals surface area contributed by atoms with Crippen molar-refractivity contribution in [3.63, 3.8) is 0 Å². The fourth-order valence-electron chi connectivity index (χ4n) is 1.99. The predicted octanol–water partition coefficient (Wildman–Crippen LogP) is 1.64. The number of aryl methyl sites for hydroxylation is 1. The SMILES string of the molecule is CCNC(C)c1ccn(Cc2nnc(C)n2C)c1. The lowest BCUT2D eigenvalue weighted by molar-refractivity contribution is 0.595. The molecule has 0 aliphatic carbocycles. The molecular formula is C13H21N5. The molecule has 0 fully saturated rings. The minimum Gasteiger partial charge on any atom is -0.346 e. The van der Waals surface area contributed by atoms with E-state index < -0.39 is 0 Å². The fourth-order valence-corrected chi connectivity index (χ4v) is 1.99. The lowest BCUT2D eigenvalue weighted by atomic mass is 10.2. The summed E-state index contributed by atoms with van der Waals surface area (Å²) in [6, 6.07) is 2.54. The molecule has 5 heteroatoms. The Morgan fingerprint density at radius 3 is 2.78 bits per heavy atom. The summed E-state index contributed by atoms with van der Waals surface area (Å²) in [6.07, 6.45) is 4.25. The largest absolute Gasteiger partial charge is 0.346 e. The van der Waals surface area contributed by atoms with Crippen LogP contribution in [0.1, 0.15) is 37.1 Å². The van der Waals surface area contributed by atoms with Crippen LogP contribution in [0.25, 0.3) is 0 Å². The van der Waals surface area contributed by atoms with Crippen molar-refractivity contribution in [3.8, 4) is 0 Å². The van der Waals surface area contributed by atoms with Crippen LogP contribution in [0.2, 0.25) is 0 Å². The highest BCUT2D eigenvalue weighted by molar-refractivity contribution is 5.15. The van der Waals surface area contributed by atoms with E-state index in [4.69, 9.17) is 0 Å². The third-order valence-electron chi connectivity index (χ3n) is 3.29. The zero-order chi connectivity index (χ0) is 13.1. The van der Waals surface area contributed by atoms with Crippen LogP contribution >= 0.6 is 0 Å². The molecule has 0 aliphatic heterocycles. The Morgan fingerprint density at radius 2 is 2.17 bits per heavy atom. The minimum absolute atomic E-state index is 0.387. The third-order valence-corrected chi connectivity index (χ3v) is 3.29. The minimum atomic E-state index is 0.387. The summed E-state index contributed by atoms with van der Waals surface area (Å²) < 4.78 is 4.17. The second-order valence-corrected chi connectivity index (χ2v) is 4.62. The highest BCUT2D eigenvalue weighted by Crippen LogP contribution is 2.13. The molecule has 0 radical (unpaired) electrons. The lowest BCUT2D eigenvalue weighted by Gasteiger charge is -2.09. The van der Waals surface area contributed by atoms with E-state index >= 15 is 0 Å². The van der Waals surface area contributed by atoms with E-state index in [1.54, 1.807) is 0 Å². The Kier molecular flexibility index (Phi) is 3.81. The van der Waals surface area contributed by atoms with E-state index in [-0.39, 0.29) is 0 Å². The summed E-state index contributed by atoms with van der Waals surface area (Å²) in [4.78, 5) is 0. The van der Waals surface area contributed by atoms with Crippen molar-refractivity contribution >= 4 is 0 Å². The zero-order valence-electron chi connectivity index (χ0n) is 11.5. The number of rotatable bonds is 5. The van der Waals surface area contributed by atoms with Crippen molar-refractivity contribution in [1.82, 2.24) is 24.6 Å². The van der Waals surface area contributed by atoms with Crippen molar-refractivity contribution in [2.45, 2.75) is 33.4 Å². The Morgan fingerprint density at radius 1 is 1.39 bits per heavy atom. The molecule has 2 heterocycles. The van der Waals surface area contributed by atoms with E-state index in [2.05, 4.69) is 52.4 Å². The van der Waals surface area contributed by atoms with Crippen LogP contribution < -0.4 is 5.32 Å². The van der Waals surface area contributed by atoms with Crippen LogP contribution in [0, 0.1) is 6.92 Å². The topological polar surface area (TPSA) is 47.7 Å². The van der Waals surface area contributed by atoms with Gasteiger partial charge in [0, 0.05) is 25.5 Å². The Hall–Kier alpha value is -1.62. The quantitative estimate of drug-likeness (QED) is 0.874. The fraction of sp³-hybridized carbons (Fsp3) is 0.538. The summed E-state index contributed by atoms with van der Waals surface area (Å²) in [5.41, 5.74) is 1.30. The van der Waals surface area contributed by atoms with Crippen LogP contribution in [-0.4, -0.2) is 25.9 Å². The number of hydrogen-bond donors (Lipinski definition) is 1. The van der Waals surface area contributed by atoms with Crippen molar-refractivity contribution in [1.29, 1.82) is 0 Å². The molecule has 0 bridgehead atoms. The first kappa shape index (κ1) is 12.8. The Bertz CT molecular complexity index is 511. The molecule has 1 atom stereocenters. The first-order valence-electron chi connectivity index (χ1n) is 6.35. The van der Waals surface area contributed by atoms with Gasteiger partial charge >= 0.3 is 0 Å². The van der Waals surface area contributed by atoms with Crippen LogP contribution in [-0.2, 0) is 13.6 Å². The first-order chi connectivity index (χ1) is 8.61. The van der Waals surface area contributed by atoms with Gasteiger partial charge in [-0.1, -0.05) is 6.92 Å². The van der Waals surface area contributed by atoms with E-state index in [0.29, 0.717) is 6.04 Å². The molecule has 2 rings (SSSR count). The maximum atomic E-state index is 4.18. The monoisotopic (exact) mass is 247 g/mol. The molecule has 18 heavy (non-hydrogen) atoms. The van der Waals surface area contributed by atoms with Crippen LogP contribution in [0.5, 0.6) is 0 Å². The smallest absolute Gasteiger partial charge is 0.152 e. The Balaban J connectivity index is 2.09. The molecule has 5 nitrogen and oxygen atoms in total. The van der Waals surface area contributed by atoms with Crippen LogP contribution in [0.4, 0.5) is 0 Å². The van der Waals surface area contributed by atoms with Gasteiger partial charge in [0.05, 0.1) is 6.54 Å². The van der Waals surface area contributed by atoms with Gasteiger partial charge in [-0.15, -0.1) is 10.2 Å². The molecule has 0 amide bonds. The molecule has 1 unspecified atom stereocenters. The third kappa shape index (κ3) is 2.61. The standard InChI is InChI=1S/C13H21N5/c1-5-14-10(2)12-6-7-18(8-12)9-13-16-15-11(3)17(13)4/h6-8,10,14H,5,9H2,1-4H3. The summed E-state index contributed by atoms with van der Waals surface area (Å²) >= 11 is 0. The summed E-state index contributed by atoms with van der Waals surface area (Å²) in [7, 11) is 2.00.